The van der Waals surface area contributed by atoms with E-state index in [2.05, 4.69) is 6.07 Å². The molecule has 0 spiro atoms. The van der Waals surface area contributed by atoms with E-state index in [0.29, 0.717) is 5.02 Å². The highest BCUT2D eigenvalue weighted by Gasteiger charge is 2.31. The van der Waals surface area contributed by atoms with Crippen LogP contribution in [0.25, 0.3) is 0 Å². The van der Waals surface area contributed by atoms with E-state index in [4.69, 9.17) is 32.7 Å². The van der Waals surface area contributed by atoms with Crippen LogP contribution in [0.5, 0.6) is 11.5 Å². The van der Waals surface area contributed by atoms with Crippen molar-refractivity contribution in [2.24, 2.45) is 0 Å². The molecule has 3 rings (SSSR count). The Morgan fingerprint density at radius 2 is 2.05 bits per heavy atom. The Balaban J connectivity index is 1.88. The first kappa shape index (κ1) is 13.6. The van der Waals surface area contributed by atoms with E-state index >= 15 is 0 Å². The van der Waals surface area contributed by atoms with Crippen molar-refractivity contribution >= 4 is 23.2 Å². The molecule has 2 aromatic rings. The summed E-state index contributed by atoms with van der Waals surface area (Å²) < 4.78 is 11.3. The van der Waals surface area contributed by atoms with E-state index in [-0.39, 0.29) is 11.5 Å². The third-order valence-corrected chi connectivity index (χ3v) is 4.24. The number of halogens is 2. The van der Waals surface area contributed by atoms with Crippen molar-refractivity contribution in [2.45, 2.75) is 17.9 Å². The third-order valence-electron chi connectivity index (χ3n) is 3.49. The van der Waals surface area contributed by atoms with Crippen LogP contribution < -0.4 is 9.47 Å². The van der Waals surface area contributed by atoms with Gasteiger partial charge in [-0.05, 0) is 29.8 Å². The van der Waals surface area contributed by atoms with Gasteiger partial charge in [-0.15, -0.1) is 11.6 Å². The van der Waals surface area contributed by atoms with Crippen molar-refractivity contribution in [3.8, 4) is 11.5 Å². The second-order valence-electron chi connectivity index (χ2n) is 4.76. The molecule has 0 N–H and O–H groups in total. The summed E-state index contributed by atoms with van der Waals surface area (Å²) in [5.74, 6) is 1.64. The van der Waals surface area contributed by atoms with E-state index in [0.717, 1.165) is 23.5 Å². The maximum atomic E-state index is 6.59. The molecule has 0 aliphatic carbocycles. The Bertz CT molecular complexity index is 603. The van der Waals surface area contributed by atoms with Crippen molar-refractivity contribution in [3.63, 3.8) is 0 Å². The van der Waals surface area contributed by atoms with Gasteiger partial charge >= 0.3 is 0 Å². The monoisotopic (exact) mass is 308 g/mol. The van der Waals surface area contributed by atoms with Crippen LogP contribution in [0.3, 0.4) is 0 Å². The van der Waals surface area contributed by atoms with Crippen LogP contribution in [-0.2, 0) is 6.42 Å². The molecule has 0 saturated heterocycles. The smallest absolute Gasteiger partial charge is 0.123 e. The zero-order chi connectivity index (χ0) is 14.1. The molecule has 2 atom stereocenters. The van der Waals surface area contributed by atoms with Gasteiger partial charge < -0.3 is 9.47 Å². The minimum Gasteiger partial charge on any atom is -0.496 e. The molecule has 104 valence electrons. The Kier molecular flexibility index (Phi) is 3.77. The second kappa shape index (κ2) is 5.55. The lowest BCUT2D eigenvalue weighted by Gasteiger charge is -2.20. The fraction of sp³-hybridized carbons (Fsp3) is 0.250. The topological polar surface area (TPSA) is 18.5 Å². The first-order chi connectivity index (χ1) is 9.69. The highest BCUT2D eigenvalue weighted by Crippen LogP contribution is 2.40. The van der Waals surface area contributed by atoms with Gasteiger partial charge in [0, 0.05) is 17.0 Å². The molecule has 4 heteroatoms. The van der Waals surface area contributed by atoms with E-state index in [1.807, 2.05) is 30.3 Å². The van der Waals surface area contributed by atoms with E-state index < -0.39 is 0 Å². The van der Waals surface area contributed by atoms with E-state index in [1.165, 1.54) is 5.56 Å². The van der Waals surface area contributed by atoms with Crippen LogP contribution in [0.15, 0.2) is 42.5 Å². The van der Waals surface area contributed by atoms with Crippen LogP contribution in [0.1, 0.15) is 16.5 Å². The van der Waals surface area contributed by atoms with Gasteiger partial charge in [0.1, 0.15) is 17.6 Å². The summed E-state index contributed by atoms with van der Waals surface area (Å²) >= 11 is 12.7. The number of fused-ring (bicyclic) bond motifs is 1. The van der Waals surface area contributed by atoms with E-state index in [1.54, 1.807) is 13.2 Å². The number of rotatable bonds is 3. The highest BCUT2D eigenvalue weighted by molar-refractivity contribution is 6.31. The lowest BCUT2D eigenvalue weighted by atomic mass is 10.0. The lowest BCUT2D eigenvalue weighted by molar-refractivity contribution is 0.225. The zero-order valence-corrected chi connectivity index (χ0v) is 12.5. The minimum absolute atomic E-state index is 0.110. The first-order valence-corrected chi connectivity index (χ1v) is 7.22. The predicted molar refractivity (Wildman–Crippen MR) is 81.2 cm³/mol. The fourth-order valence-electron chi connectivity index (χ4n) is 2.49. The summed E-state index contributed by atoms with van der Waals surface area (Å²) in [7, 11) is 1.63. The van der Waals surface area contributed by atoms with Crippen LogP contribution in [-0.4, -0.2) is 13.2 Å². The van der Waals surface area contributed by atoms with Crippen molar-refractivity contribution < 1.29 is 9.47 Å². The van der Waals surface area contributed by atoms with Gasteiger partial charge in [-0.2, -0.15) is 0 Å². The summed E-state index contributed by atoms with van der Waals surface area (Å²) in [6.07, 6.45) is 0.682. The van der Waals surface area contributed by atoms with Crippen LogP contribution in [0.2, 0.25) is 5.02 Å². The average molecular weight is 309 g/mol. The summed E-state index contributed by atoms with van der Waals surface area (Å²) in [4.78, 5) is 0. The Morgan fingerprint density at radius 1 is 1.25 bits per heavy atom. The summed E-state index contributed by atoms with van der Waals surface area (Å²) in [5.41, 5.74) is 2.05. The van der Waals surface area contributed by atoms with Gasteiger partial charge in [0.25, 0.3) is 0 Å². The molecular weight excluding hydrogens is 295 g/mol. The van der Waals surface area contributed by atoms with Crippen molar-refractivity contribution in [2.75, 3.05) is 7.11 Å². The largest absolute Gasteiger partial charge is 0.496 e. The molecule has 0 amide bonds. The van der Waals surface area contributed by atoms with Gasteiger partial charge in [-0.1, -0.05) is 29.8 Å². The highest BCUT2D eigenvalue weighted by atomic mass is 35.5. The molecule has 20 heavy (non-hydrogen) atoms. The number of hydrogen-bond donors (Lipinski definition) is 0. The lowest BCUT2D eigenvalue weighted by Crippen LogP contribution is -2.20. The van der Waals surface area contributed by atoms with Crippen LogP contribution in [0, 0.1) is 0 Å². The number of methoxy groups -OCH3 is 1. The molecule has 0 bridgehead atoms. The van der Waals surface area contributed by atoms with Crippen molar-refractivity contribution in [1.29, 1.82) is 0 Å². The third kappa shape index (κ3) is 2.46. The molecule has 1 aliphatic rings. The molecule has 0 saturated carbocycles. The molecule has 1 heterocycles. The second-order valence-corrected chi connectivity index (χ2v) is 5.66. The van der Waals surface area contributed by atoms with Crippen molar-refractivity contribution in [1.82, 2.24) is 0 Å². The van der Waals surface area contributed by atoms with Crippen molar-refractivity contribution in [3.05, 3.63) is 58.6 Å². The predicted octanol–water partition coefficient (Wildman–Crippen LogP) is 4.63. The molecule has 2 unspecified atom stereocenters. The summed E-state index contributed by atoms with van der Waals surface area (Å²) in [6, 6.07) is 13.5. The number of ether oxygens (including phenoxy) is 2. The molecule has 1 aliphatic heterocycles. The number of benzene rings is 2. The molecule has 2 nitrogen and oxygen atoms in total. The maximum Gasteiger partial charge on any atom is 0.123 e. The SMILES string of the molecule is COc1ccc(Cl)cc1C(Cl)C1Cc2ccccc2O1. The van der Waals surface area contributed by atoms with Crippen LogP contribution in [0.4, 0.5) is 0 Å². The van der Waals surface area contributed by atoms with Gasteiger partial charge in [0.2, 0.25) is 0 Å². The van der Waals surface area contributed by atoms with Gasteiger partial charge in [0.15, 0.2) is 0 Å². The molecule has 0 fully saturated rings. The molecule has 0 radical (unpaired) electrons. The summed E-state index contributed by atoms with van der Waals surface area (Å²) in [6.45, 7) is 0. The van der Waals surface area contributed by atoms with Gasteiger partial charge in [-0.3, -0.25) is 0 Å². The standard InChI is InChI=1S/C16H14Cl2O2/c1-19-14-7-6-11(17)9-12(14)16(18)15-8-10-4-2-3-5-13(10)20-15/h2-7,9,15-16H,8H2,1H3. The van der Waals surface area contributed by atoms with Crippen LogP contribution >= 0.6 is 23.2 Å². The fourth-order valence-corrected chi connectivity index (χ4v) is 2.98. The van der Waals surface area contributed by atoms with Gasteiger partial charge in [0.05, 0.1) is 12.5 Å². The molecular formula is C16H14Cl2O2. The Morgan fingerprint density at radius 3 is 2.80 bits per heavy atom. The molecule has 0 aromatic heterocycles. The quantitative estimate of drug-likeness (QED) is 0.770. The van der Waals surface area contributed by atoms with E-state index in [9.17, 15) is 0 Å². The summed E-state index contributed by atoms with van der Waals surface area (Å²) in [5, 5.41) is 0.331. The zero-order valence-electron chi connectivity index (χ0n) is 11.0. The first-order valence-electron chi connectivity index (χ1n) is 6.41. The minimum atomic E-state index is -0.309. The Labute approximate surface area is 128 Å². The maximum absolute atomic E-state index is 6.59. The number of hydrogen-bond acceptors (Lipinski definition) is 2. The molecule has 2 aromatic carbocycles. The number of alkyl halides is 1. The Hall–Kier alpha value is -1.38. The van der Waals surface area contributed by atoms with Gasteiger partial charge in [-0.25, -0.2) is 0 Å². The normalized spacial score (nSPS) is 18.2. The average Bonchev–Trinajstić information content (AvgIpc) is 2.90. The number of para-hydroxylation sites is 1.